The second-order valence-electron chi connectivity index (χ2n) is 4.13. The number of anilines is 1. The average Bonchev–Trinajstić information content (AvgIpc) is 3.05. The molecule has 2 rings (SSSR count). The molecule has 1 heterocycles. The van der Waals surface area contributed by atoms with Crippen molar-refractivity contribution in [2.75, 3.05) is 11.4 Å². The molecule has 0 atom stereocenters. The molecule has 0 spiro atoms. The Hall–Kier alpha value is -0.760. The van der Waals surface area contributed by atoms with Gasteiger partial charge in [-0.15, -0.1) is 11.6 Å². The van der Waals surface area contributed by atoms with Crippen molar-refractivity contribution in [1.29, 1.82) is 0 Å². The van der Waals surface area contributed by atoms with E-state index in [4.69, 9.17) is 11.6 Å². The van der Waals surface area contributed by atoms with Crippen LogP contribution in [0.25, 0.3) is 0 Å². The molecule has 15 heavy (non-hydrogen) atoms. The summed E-state index contributed by atoms with van der Waals surface area (Å²) in [6, 6.07) is 2.86. The van der Waals surface area contributed by atoms with Crippen LogP contribution in [-0.4, -0.2) is 17.6 Å². The molecule has 0 unspecified atom stereocenters. The van der Waals surface area contributed by atoms with Gasteiger partial charge in [0.2, 0.25) is 0 Å². The summed E-state index contributed by atoms with van der Waals surface area (Å²) in [4.78, 5) is 6.92. The molecule has 0 saturated heterocycles. The molecule has 0 aromatic carbocycles. The summed E-state index contributed by atoms with van der Waals surface area (Å²) >= 11 is 5.79. The molecular formula is C12H17ClN2. The van der Waals surface area contributed by atoms with Gasteiger partial charge in [-0.1, -0.05) is 0 Å². The second-order valence-corrected chi connectivity index (χ2v) is 4.40. The quantitative estimate of drug-likeness (QED) is 0.731. The summed E-state index contributed by atoms with van der Waals surface area (Å²) in [5.74, 6) is 1.68. The number of hydrogen-bond donors (Lipinski definition) is 0. The summed E-state index contributed by atoms with van der Waals surface area (Å²) in [5.41, 5.74) is 2.34. The molecule has 0 radical (unpaired) electrons. The Bertz CT molecular complexity index is 347. The largest absolute Gasteiger partial charge is 0.354 e. The van der Waals surface area contributed by atoms with Gasteiger partial charge in [0.15, 0.2) is 0 Å². The Morgan fingerprint density at radius 3 is 2.73 bits per heavy atom. The van der Waals surface area contributed by atoms with Gasteiger partial charge < -0.3 is 4.90 Å². The number of aromatic nitrogens is 1. The van der Waals surface area contributed by atoms with Gasteiger partial charge >= 0.3 is 0 Å². The minimum absolute atomic E-state index is 0.545. The maximum Gasteiger partial charge on any atom is 0.131 e. The lowest BCUT2D eigenvalue weighted by atomic mass is 10.2. The normalized spacial score (nSPS) is 15.4. The number of nitrogens with zero attached hydrogens (tertiary/aromatic N) is 2. The Morgan fingerprint density at radius 1 is 1.53 bits per heavy atom. The zero-order valence-corrected chi connectivity index (χ0v) is 10.1. The third-order valence-corrected chi connectivity index (χ3v) is 3.17. The fraction of sp³-hybridized carbons (Fsp3) is 0.583. The molecule has 2 nitrogen and oxygen atoms in total. The number of hydrogen-bond acceptors (Lipinski definition) is 2. The lowest BCUT2D eigenvalue weighted by Crippen LogP contribution is -2.26. The fourth-order valence-corrected chi connectivity index (χ4v) is 2.11. The van der Waals surface area contributed by atoms with Gasteiger partial charge in [0.25, 0.3) is 0 Å². The molecule has 0 bridgehead atoms. The molecule has 1 saturated carbocycles. The Labute approximate surface area is 96.3 Å². The van der Waals surface area contributed by atoms with Gasteiger partial charge in [0.05, 0.1) is 0 Å². The first-order valence-electron chi connectivity index (χ1n) is 5.54. The van der Waals surface area contributed by atoms with Crippen molar-refractivity contribution in [2.24, 2.45) is 0 Å². The van der Waals surface area contributed by atoms with E-state index < -0.39 is 0 Å². The standard InChI is InChI=1S/C12H17ClN2/c1-3-15(11-4-5-11)12-9(2)6-10(7-13)8-14-12/h6,8,11H,3-5,7H2,1-2H3. The van der Waals surface area contributed by atoms with Crippen molar-refractivity contribution in [3.8, 4) is 0 Å². The number of rotatable bonds is 4. The van der Waals surface area contributed by atoms with E-state index in [0.717, 1.165) is 24.0 Å². The first-order valence-corrected chi connectivity index (χ1v) is 6.07. The van der Waals surface area contributed by atoms with Crippen LogP contribution in [0.5, 0.6) is 0 Å². The number of aryl methyl sites for hydroxylation is 1. The summed E-state index contributed by atoms with van der Waals surface area (Å²) in [6.45, 7) is 5.34. The summed E-state index contributed by atoms with van der Waals surface area (Å²) in [5, 5.41) is 0. The SMILES string of the molecule is CCN(c1ncc(CCl)cc1C)C1CC1. The van der Waals surface area contributed by atoms with Gasteiger partial charge in [-0.2, -0.15) is 0 Å². The maximum absolute atomic E-state index is 5.79. The van der Waals surface area contributed by atoms with Crippen LogP contribution in [0, 0.1) is 6.92 Å². The third-order valence-electron chi connectivity index (χ3n) is 2.86. The van der Waals surface area contributed by atoms with E-state index in [-0.39, 0.29) is 0 Å². The monoisotopic (exact) mass is 224 g/mol. The van der Waals surface area contributed by atoms with Crippen molar-refractivity contribution >= 4 is 17.4 Å². The topological polar surface area (TPSA) is 16.1 Å². The average molecular weight is 225 g/mol. The molecule has 1 aromatic rings. The van der Waals surface area contributed by atoms with Gasteiger partial charge in [-0.3, -0.25) is 0 Å². The smallest absolute Gasteiger partial charge is 0.131 e. The van der Waals surface area contributed by atoms with E-state index in [0.29, 0.717) is 5.88 Å². The molecule has 1 aliphatic rings. The maximum atomic E-state index is 5.79. The van der Waals surface area contributed by atoms with E-state index in [2.05, 4.69) is 29.8 Å². The lowest BCUT2D eigenvalue weighted by molar-refractivity contribution is 0.802. The van der Waals surface area contributed by atoms with Crippen molar-refractivity contribution in [2.45, 2.75) is 38.6 Å². The number of pyridine rings is 1. The lowest BCUT2D eigenvalue weighted by Gasteiger charge is -2.23. The van der Waals surface area contributed by atoms with Gasteiger partial charge in [0.1, 0.15) is 5.82 Å². The van der Waals surface area contributed by atoms with Crippen LogP contribution < -0.4 is 4.90 Å². The predicted octanol–water partition coefficient (Wildman–Crippen LogP) is 3.12. The molecule has 0 N–H and O–H groups in total. The van der Waals surface area contributed by atoms with E-state index in [1.54, 1.807) is 0 Å². The highest BCUT2D eigenvalue weighted by Gasteiger charge is 2.29. The minimum atomic E-state index is 0.545. The highest BCUT2D eigenvalue weighted by atomic mass is 35.5. The molecule has 1 aromatic heterocycles. The van der Waals surface area contributed by atoms with Crippen LogP contribution in [-0.2, 0) is 5.88 Å². The third kappa shape index (κ3) is 2.25. The Balaban J connectivity index is 2.26. The van der Waals surface area contributed by atoms with Crippen LogP contribution in [0.4, 0.5) is 5.82 Å². The predicted molar refractivity (Wildman–Crippen MR) is 64.6 cm³/mol. The molecule has 82 valence electrons. The van der Waals surface area contributed by atoms with Crippen molar-refractivity contribution in [1.82, 2.24) is 4.98 Å². The van der Waals surface area contributed by atoms with Crippen molar-refractivity contribution < 1.29 is 0 Å². The summed E-state index contributed by atoms with van der Waals surface area (Å²) in [6.07, 6.45) is 4.51. The zero-order valence-electron chi connectivity index (χ0n) is 9.33. The minimum Gasteiger partial charge on any atom is -0.354 e. The molecule has 0 aliphatic heterocycles. The highest BCUT2D eigenvalue weighted by Crippen LogP contribution is 2.32. The Kier molecular flexibility index (Phi) is 3.15. The van der Waals surface area contributed by atoms with E-state index in [1.807, 2.05) is 6.20 Å². The summed E-state index contributed by atoms with van der Waals surface area (Å²) < 4.78 is 0. The van der Waals surface area contributed by atoms with Crippen LogP contribution in [0.15, 0.2) is 12.3 Å². The zero-order chi connectivity index (χ0) is 10.8. The van der Waals surface area contributed by atoms with E-state index >= 15 is 0 Å². The molecule has 0 amide bonds. The van der Waals surface area contributed by atoms with E-state index in [1.165, 1.54) is 18.4 Å². The first kappa shape index (κ1) is 10.7. The van der Waals surface area contributed by atoms with Crippen LogP contribution in [0.3, 0.4) is 0 Å². The molecule has 3 heteroatoms. The van der Waals surface area contributed by atoms with Gasteiger partial charge in [-0.25, -0.2) is 4.98 Å². The van der Waals surface area contributed by atoms with Crippen molar-refractivity contribution in [3.05, 3.63) is 23.4 Å². The van der Waals surface area contributed by atoms with Gasteiger partial charge in [-0.05, 0) is 43.9 Å². The fourth-order valence-electron chi connectivity index (χ4n) is 1.97. The molecule has 1 fully saturated rings. The molecular weight excluding hydrogens is 208 g/mol. The number of alkyl halides is 1. The van der Waals surface area contributed by atoms with Gasteiger partial charge in [0, 0.05) is 24.7 Å². The Morgan fingerprint density at radius 2 is 2.27 bits per heavy atom. The molecule has 1 aliphatic carbocycles. The van der Waals surface area contributed by atoms with E-state index in [9.17, 15) is 0 Å². The second kappa shape index (κ2) is 4.40. The summed E-state index contributed by atoms with van der Waals surface area (Å²) in [7, 11) is 0. The first-order chi connectivity index (χ1) is 7.26. The van der Waals surface area contributed by atoms with Crippen LogP contribution in [0.2, 0.25) is 0 Å². The number of halogens is 1. The highest BCUT2D eigenvalue weighted by molar-refractivity contribution is 6.17. The van der Waals surface area contributed by atoms with Crippen LogP contribution in [0.1, 0.15) is 30.9 Å². The van der Waals surface area contributed by atoms with Crippen molar-refractivity contribution in [3.63, 3.8) is 0 Å². The van der Waals surface area contributed by atoms with Crippen LogP contribution >= 0.6 is 11.6 Å².